The highest BCUT2D eigenvalue weighted by molar-refractivity contribution is 7.47. The van der Waals surface area contributed by atoms with Gasteiger partial charge in [0.05, 0.1) is 17.7 Å². The molecule has 0 amide bonds. The van der Waals surface area contributed by atoms with Gasteiger partial charge in [-0.15, -0.1) is 0 Å². The van der Waals surface area contributed by atoms with E-state index in [1.54, 1.807) is 30.3 Å². The molecule has 1 fully saturated rings. The van der Waals surface area contributed by atoms with Crippen LogP contribution in [-0.2, 0) is 9.05 Å². The smallest absolute Gasteiger partial charge is 0.216 e. The quantitative estimate of drug-likeness (QED) is 0.201. The number of hydrogen-bond donors (Lipinski definition) is 0. The molecular formula is C19H20ClFNO4P. The highest BCUT2D eigenvalue weighted by Crippen LogP contribution is 2.51. The first-order valence-corrected chi connectivity index (χ1v) is 10.1. The van der Waals surface area contributed by atoms with Crippen LogP contribution >= 0.6 is 20.0 Å². The minimum absolute atomic E-state index is 0.0879. The predicted molar refractivity (Wildman–Crippen MR) is 104 cm³/mol. The molecular weight excluding hydrogens is 392 g/mol. The van der Waals surface area contributed by atoms with Crippen LogP contribution in [0, 0.1) is 11.0 Å². The van der Waals surface area contributed by atoms with Gasteiger partial charge in [-0.3, -0.25) is 0 Å². The molecule has 2 aromatic rings. The minimum Gasteiger partial charge on any atom is -0.619 e. The molecule has 1 aliphatic heterocycles. The van der Waals surface area contributed by atoms with Crippen LogP contribution in [-0.4, -0.2) is 23.9 Å². The first-order valence-electron chi connectivity index (χ1n) is 8.52. The second-order valence-electron chi connectivity index (χ2n) is 6.12. The highest BCUT2D eigenvalue weighted by Gasteiger charge is 2.29. The molecule has 1 saturated heterocycles. The molecule has 0 bridgehead atoms. The summed E-state index contributed by atoms with van der Waals surface area (Å²) >= 11 is 5.77. The van der Waals surface area contributed by atoms with Crippen molar-refractivity contribution >= 4 is 32.4 Å². The first kappa shape index (κ1) is 20.0. The van der Waals surface area contributed by atoms with Crippen molar-refractivity contribution in [3.05, 3.63) is 64.1 Å². The van der Waals surface area contributed by atoms with Crippen LogP contribution in [0.3, 0.4) is 0 Å². The summed E-state index contributed by atoms with van der Waals surface area (Å²) in [5.74, 6) is -0.206. The zero-order valence-electron chi connectivity index (χ0n) is 14.8. The Morgan fingerprint density at radius 1 is 1.33 bits per heavy atom. The van der Waals surface area contributed by atoms with Crippen molar-refractivity contribution in [2.75, 3.05) is 6.61 Å². The molecule has 1 aliphatic rings. The average Bonchev–Trinajstić information content (AvgIpc) is 2.91. The van der Waals surface area contributed by atoms with E-state index < -0.39 is 14.2 Å². The Morgan fingerprint density at radius 3 is 2.74 bits per heavy atom. The fourth-order valence-electron chi connectivity index (χ4n) is 2.69. The third-order valence-electron chi connectivity index (χ3n) is 4.10. The van der Waals surface area contributed by atoms with E-state index in [2.05, 4.69) is 6.72 Å². The summed E-state index contributed by atoms with van der Waals surface area (Å²) in [5, 5.41) is 11.3. The van der Waals surface area contributed by atoms with E-state index in [4.69, 9.17) is 25.4 Å². The Bertz CT molecular complexity index is 805. The summed E-state index contributed by atoms with van der Waals surface area (Å²) in [6.07, 6.45) is 1.25. The van der Waals surface area contributed by atoms with Crippen LogP contribution in [0.2, 0.25) is 5.02 Å². The van der Waals surface area contributed by atoms with Crippen LogP contribution in [0.4, 0.5) is 10.1 Å². The lowest BCUT2D eigenvalue weighted by molar-refractivity contribution is -0.349. The van der Waals surface area contributed by atoms with Crippen molar-refractivity contribution in [2.24, 2.45) is 0 Å². The lowest BCUT2D eigenvalue weighted by Gasteiger charge is -2.25. The van der Waals surface area contributed by atoms with Gasteiger partial charge in [0, 0.05) is 12.1 Å². The average molecular weight is 412 g/mol. The Balaban J connectivity index is 1.68. The number of hydrogen-bond acceptors (Lipinski definition) is 4. The lowest BCUT2D eigenvalue weighted by atomic mass is 10.1. The Kier molecular flexibility index (Phi) is 6.66. The van der Waals surface area contributed by atoms with Crippen molar-refractivity contribution in [1.82, 2.24) is 0 Å². The van der Waals surface area contributed by atoms with E-state index >= 15 is 0 Å². The van der Waals surface area contributed by atoms with Crippen molar-refractivity contribution < 1.29 is 22.9 Å². The van der Waals surface area contributed by atoms with Crippen LogP contribution < -0.4 is 4.74 Å². The van der Waals surface area contributed by atoms with Crippen molar-refractivity contribution in [1.29, 1.82) is 0 Å². The van der Waals surface area contributed by atoms with Gasteiger partial charge in [-0.05, 0) is 49.6 Å². The van der Waals surface area contributed by atoms with E-state index in [0.717, 1.165) is 18.4 Å². The molecule has 3 unspecified atom stereocenters. The lowest BCUT2D eigenvalue weighted by Crippen LogP contribution is -2.13. The zero-order valence-corrected chi connectivity index (χ0v) is 16.5. The number of nitrogens with zero attached hydrogens (tertiary/aromatic N) is 1. The molecule has 144 valence electrons. The van der Waals surface area contributed by atoms with Crippen LogP contribution in [0.25, 0.3) is 0 Å². The Morgan fingerprint density at radius 2 is 2.07 bits per heavy atom. The van der Waals surface area contributed by atoms with E-state index in [1.807, 2.05) is 6.92 Å². The Hall–Kier alpha value is -1.72. The summed E-state index contributed by atoms with van der Waals surface area (Å²) < 4.78 is 32.2. The second kappa shape index (κ2) is 8.98. The topological polar surface area (TPSA) is 53.8 Å². The first-order chi connectivity index (χ1) is 12.9. The number of ether oxygens (including phenoxy) is 1. The molecule has 0 radical (unpaired) electrons. The van der Waals surface area contributed by atoms with Gasteiger partial charge in [-0.2, -0.15) is 4.74 Å². The molecule has 0 spiro atoms. The molecule has 3 rings (SSSR count). The third-order valence-corrected chi connectivity index (χ3v) is 6.01. The summed E-state index contributed by atoms with van der Waals surface area (Å²) in [6.45, 7) is 5.72. The molecule has 0 N–H and O–H groups in total. The predicted octanol–water partition coefficient (Wildman–Crippen LogP) is 5.93. The van der Waals surface area contributed by atoms with Crippen LogP contribution in [0.15, 0.2) is 42.5 Å². The molecule has 0 aliphatic carbocycles. The molecule has 27 heavy (non-hydrogen) atoms. The molecule has 0 saturated carbocycles. The van der Waals surface area contributed by atoms with Gasteiger partial charge in [-0.25, -0.2) is 4.39 Å². The number of halogens is 2. The fourth-order valence-corrected chi connectivity index (χ4v) is 4.25. The maximum absolute atomic E-state index is 13.8. The minimum atomic E-state index is -1.35. The standard InChI is InChI=1S/C19H20ClFNO4P/c1-13(25-16-8-6-15(7-9-16)22(2)23)27-24-11-3-4-19(26-27)14-5-10-17(20)18(21)12-14/h5-10,12-13,19H,2-4,11H2,1H3. The van der Waals surface area contributed by atoms with Crippen molar-refractivity contribution in [2.45, 2.75) is 31.7 Å². The maximum atomic E-state index is 13.8. The van der Waals surface area contributed by atoms with E-state index in [1.165, 1.54) is 12.1 Å². The molecule has 8 heteroatoms. The van der Waals surface area contributed by atoms with Gasteiger partial charge in [0.2, 0.25) is 14.1 Å². The van der Waals surface area contributed by atoms with E-state index in [-0.39, 0.29) is 17.0 Å². The molecule has 0 aromatic heterocycles. The maximum Gasteiger partial charge on any atom is 0.216 e. The second-order valence-corrected chi connectivity index (χ2v) is 8.29. The summed E-state index contributed by atoms with van der Waals surface area (Å²) in [6, 6.07) is 11.4. The highest BCUT2D eigenvalue weighted by atomic mass is 35.5. The van der Waals surface area contributed by atoms with Crippen molar-refractivity contribution in [3.8, 4) is 5.75 Å². The van der Waals surface area contributed by atoms with Gasteiger partial charge in [0.15, 0.2) is 5.85 Å². The van der Waals surface area contributed by atoms with Gasteiger partial charge in [-0.1, -0.05) is 17.7 Å². The number of benzene rings is 2. The Labute approximate surface area is 163 Å². The van der Waals surface area contributed by atoms with Crippen LogP contribution in [0.5, 0.6) is 5.75 Å². The van der Waals surface area contributed by atoms with Gasteiger partial charge < -0.3 is 19.0 Å². The SMILES string of the molecule is C=[N+]([O-])c1ccc(OC(C)P2OCCCC(c3ccc(Cl)c(F)c3)O2)cc1. The zero-order chi connectivity index (χ0) is 19.4. The molecule has 3 atom stereocenters. The molecule has 5 nitrogen and oxygen atoms in total. The monoisotopic (exact) mass is 411 g/mol. The summed E-state index contributed by atoms with van der Waals surface area (Å²) in [5.41, 5.74) is 1.17. The van der Waals surface area contributed by atoms with Crippen molar-refractivity contribution in [3.63, 3.8) is 0 Å². The molecule has 1 heterocycles. The summed E-state index contributed by atoms with van der Waals surface area (Å²) in [7, 11) is -1.35. The molecule has 2 aromatic carbocycles. The van der Waals surface area contributed by atoms with Gasteiger partial charge in [0.25, 0.3) is 0 Å². The van der Waals surface area contributed by atoms with E-state index in [0.29, 0.717) is 22.8 Å². The largest absolute Gasteiger partial charge is 0.619 e. The van der Waals surface area contributed by atoms with Crippen LogP contribution in [0.1, 0.15) is 31.4 Å². The number of rotatable bonds is 5. The fraction of sp³-hybridized carbons (Fsp3) is 0.316. The third kappa shape index (κ3) is 5.17. The van der Waals surface area contributed by atoms with Gasteiger partial charge >= 0.3 is 0 Å². The van der Waals surface area contributed by atoms with Gasteiger partial charge in [0.1, 0.15) is 18.3 Å². The summed E-state index contributed by atoms with van der Waals surface area (Å²) in [4.78, 5) is 0. The normalized spacial score (nSPS) is 21.3. The van der Waals surface area contributed by atoms with E-state index in [9.17, 15) is 9.60 Å².